The maximum atomic E-state index is 2.21. The molecule has 0 aromatic rings. The first-order valence-corrected chi connectivity index (χ1v) is 3.90. The number of allylic oxidation sites excluding steroid dienone is 2. The van der Waals surface area contributed by atoms with Crippen LogP contribution in [0.3, 0.4) is 0 Å². The molecule has 0 aliphatic carbocycles. The lowest BCUT2D eigenvalue weighted by atomic mass is 10.3. The van der Waals surface area contributed by atoms with Gasteiger partial charge in [0.15, 0.2) is 0 Å². The van der Waals surface area contributed by atoms with E-state index in [1.807, 2.05) is 26.0 Å². The van der Waals surface area contributed by atoms with Crippen LogP contribution in [0.5, 0.6) is 0 Å². The SMILES string of the molecule is CC=CC.CCCCC. The van der Waals surface area contributed by atoms with Gasteiger partial charge in [-0.1, -0.05) is 45.3 Å². The van der Waals surface area contributed by atoms with E-state index in [2.05, 4.69) is 13.8 Å². The van der Waals surface area contributed by atoms with Crippen molar-refractivity contribution in [2.24, 2.45) is 0 Å². The van der Waals surface area contributed by atoms with E-state index in [4.69, 9.17) is 0 Å². The molecule has 0 radical (unpaired) electrons. The Kier molecular flexibility index (Phi) is 20.0. The average molecular weight is 128 g/mol. The molecule has 0 spiro atoms. The zero-order valence-electron chi connectivity index (χ0n) is 7.28. The van der Waals surface area contributed by atoms with Gasteiger partial charge in [-0.2, -0.15) is 0 Å². The molecule has 0 nitrogen and oxygen atoms in total. The molecule has 0 aromatic heterocycles. The van der Waals surface area contributed by atoms with Crippen molar-refractivity contribution in [1.82, 2.24) is 0 Å². The topological polar surface area (TPSA) is 0 Å². The maximum absolute atomic E-state index is 2.21. The third kappa shape index (κ3) is 34.0. The van der Waals surface area contributed by atoms with Crippen molar-refractivity contribution in [3.8, 4) is 0 Å². The van der Waals surface area contributed by atoms with Crippen molar-refractivity contribution in [2.75, 3.05) is 0 Å². The molecule has 0 N–H and O–H groups in total. The fraction of sp³-hybridized carbons (Fsp3) is 0.778. The Hall–Kier alpha value is -0.260. The van der Waals surface area contributed by atoms with Gasteiger partial charge >= 0.3 is 0 Å². The monoisotopic (exact) mass is 128 g/mol. The molecule has 0 aliphatic heterocycles. The van der Waals surface area contributed by atoms with E-state index in [0.717, 1.165) is 0 Å². The normalized spacial score (nSPS) is 8.89. The predicted octanol–water partition coefficient (Wildman–Crippen LogP) is 3.78. The molecule has 0 aliphatic rings. The van der Waals surface area contributed by atoms with Crippen LogP contribution in [0.4, 0.5) is 0 Å². The van der Waals surface area contributed by atoms with E-state index in [1.54, 1.807) is 0 Å². The molecule has 9 heavy (non-hydrogen) atoms. The smallest absolute Gasteiger partial charge is 0.0470 e. The first kappa shape index (κ1) is 11.5. The molecule has 0 fully saturated rings. The summed E-state index contributed by atoms with van der Waals surface area (Å²) in [4.78, 5) is 0. The van der Waals surface area contributed by atoms with Crippen LogP contribution < -0.4 is 0 Å². The lowest BCUT2D eigenvalue weighted by Gasteiger charge is -1.79. The van der Waals surface area contributed by atoms with E-state index in [-0.39, 0.29) is 0 Å². The van der Waals surface area contributed by atoms with Crippen molar-refractivity contribution in [3.05, 3.63) is 12.2 Å². The highest BCUT2D eigenvalue weighted by Crippen LogP contribution is 1.88. The van der Waals surface area contributed by atoms with Gasteiger partial charge in [-0.05, 0) is 13.8 Å². The molecular formula is C9H20. The molecule has 0 unspecified atom stereocenters. The fourth-order valence-electron chi connectivity index (χ4n) is 0.354. The molecule has 0 rings (SSSR count). The van der Waals surface area contributed by atoms with Crippen molar-refractivity contribution in [1.29, 1.82) is 0 Å². The predicted molar refractivity (Wildman–Crippen MR) is 45.7 cm³/mol. The van der Waals surface area contributed by atoms with Crippen LogP contribution in [0, 0.1) is 0 Å². The molecule has 0 saturated carbocycles. The Bertz CT molecular complexity index is 38.0. The van der Waals surface area contributed by atoms with Gasteiger partial charge < -0.3 is 0 Å². The van der Waals surface area contributed by atoms with E-state index in [1.165, 1.54) is 19.3 Å². The molecule has 0 saturated heterocycles. The fourth-order valence-corrected chi connectivity index (χ4v) is 0.354. The highest BCUT2D eigenvalue weighted by atomic mass is 13.7. The summed E-state index contributed by atoms with van der Waals surface area (Å²) in [5.74, 6) is 0. The minimum Gasteiger partial charge on any atom is -0.0919 e. The van der Waals surface area contributed by atoms with E-state index in [0.29, 0.717) is 0 Å². The summed E-state index contributed by atoms with van der Waals surface area (Å²) in [5, 5.41) is 0. The second-order valence-electron chi connectivity index (χ2n) is 2.02. The Labute approximate surface area is 60.0 Å². The van der Waals surface area contributed by atoms with Gasteiger partial charge in [0, 0.05) is 0 Å². The maximum Gasteiger partial charge on any atom is -0.0470 e. The van der Waals surface area contributed by atoms with E-state index < -0.39 is 0 Å². The average Bonchev–Trinajstić information content (AvgIpc) is 1.91. The Balaban J connectivity index is 0. The lowest BCUT2D eigenvalue weighted by Crippen LogP contribution is -1.59. The van der Waals surface area contributed by atoms with Gasteiger partial charge in [0.25, 0.3) is 0 Å². The summed E-state index contributed by atoms with van der Waals surface area (Å²) in [6.07, 6.45) is 8.08. The second kappa shape index (κ2) is 15.6. The summed E-state index contributed by atoms with van der Waals surface area (Å²) in [7, 11) is 0. The van der Waals surface area contributed by atoms with Crippen molar-refractivity contribution < 1.29 is 0 Å². The minimum atomic E-state index is 1.34. The molecule has 0 heterocycles. The van der Waals surface area contributed by atoms with Crippen molar-refractivity contribution in [2.45, 2.75) is 47.0 Å². The third-order valence-electron chi connectivity index (χ3n) is 1.04. The molecule has 0 aromatic carbocycles. The first-order valence-electron chi connectivity index (χ1n) is 3.90. The van der Waals surface area contributed by atoms with Crippen LogP contribution in [0.25, 0.3) is 0 Å². The molecule has 56 valence electrons. The first-order chi connectivity index (χ1) is 4.33. The standard InChI is InChI=1S/C5H12.C4H8/c1-3-5-4-2;1-3-4-2/h3-5H2,1-2H3;3-4H,1-2H3. The molecule has 0 amide bonds. The molecule has 0 atom stereocenters. The van der Waals surface area contributed by atoms with Gasteiger partial charge in [0.1, 0.15) is 0 Å². The quantitative estimate of drug-likeness (QED) is 0.496. The summed E-state index contributed by atoms with van der Waals surface area (Å²) in [6, 6.07) is 0. The number of hydrogen-bond acceptors (Lipinski definition) is 0. The van der Waals surface area contributed by atoms with Crippen LogP contribution in [0.2, 0.25) is 0 Å². The van der Waals surface area contributed by atoms with E-state index >= 15 is 0 Å². The van der Waals surface area contributed by atoms with Gasteiger partial charge in [0.2, 0.25) is 0 Å². The number of hydrogen-bond donors (Lipinski definition) is 0. The van der Waals surface area contributed by atoms with Gasteiger partial charge in [-0.25, -0.2) is 0 Å². The van der Waals surface area contributed by atoms with Crippen LogP contribution in [-0.4, -0.2) is 0 Å². The number of unbranched alkanes of at least 4 members (excludes halogenated alkanes) is 2. The Morgan fingerprint density at radius 3 is 1.22 bits per heavy atom. The largest absolute Gasteiger partial charge is 0.0919 e. The van der Waals surface area contributed by atoms with E-state index in [9.17, 15) is 0 Å². The van der Waals surface area contributed by atoms with Crippen molar-refractivity contribution >= 4 is 0 Å². The zero-order chi connectivity index (χ0) is 7.54. The molecule has 0 heteroatoms. The van der Waals surface area contributed by atoms with Crippen LogP contribution >= 0.6 is 0 Å². The van der Waals surface area contributed by atoms with Gasteiger partial charge in [-0.15, -0.1) is 0 Å². The Morgan fingerprint density at radius 1 is 0.889 bits per heavy atom. The van der Waals surface area contributed by atoms with Crippen LogP contribution in [0.1, 0.15) is 47.0 Å². The van der Waals surface area contributed by atoms with Gasteiger partial charge in [0.05, 0.1) is 0 Å². The van der Waals surface area contributed by atoms with Crippen LogP contribution in [0.15, 0.2) is 12.2 Å². The number of rotatable bonds is 2. The highest BCUT2D eigenvalue weighted by molar-refractivity contribution is 4.68. The lowest BCUT2D eigenvalue weighted by molar-refractivity contribution is 0.772. The second-order valence-corrected chi connectivity index (χ2v) is 2.02. The minimum absolute atomic E-state index is 1.34. The summed E-state index contributed by atoms with van der Waals surface area (Å²) in [5.41, 5.74) is 0. The highest BCUT2D eigenvalue weighted by Gasteiger charge is 1.68. The third-order valence-corrected chi connectivity index (χ3v) is 1.04. The van der Waals surface area contributed by atoms with Crippen LogP contribution in [-0.2, 0) is 0 Å². The van der Waals surface area contributed by atoms with Gasteiger partial charge in [-0.3, -0.25) is 0 Å². The summed E-state index contributed by atoms with van der Waals surface area (Å²) >= 11 is 0. The van der Waals surface area contributed by atoms with Crippen molar-refractivity contribution in [3.63, 3.8) is 0 Å². The molecule has 0 bridgehead atoms. The summed E-state index contributed by atoms with van der Waals surface area (Å²) in [6.45, 7) is 8.42. The Morgan fingerprint density at radius 2 is 1.22 bits per heavy atom. The molecular weight excluding hydrogens is 108 g/mol. The summed E-state index contributed by atoms with van der Waals surface area (Å²) < 4.78 is 0. The zero-order valence-corrected chi connectivity index (χ0v) is 7.28.